The molecule has 214 valence electrons. The first-order chi connectivity index (χ1) is 17.7. The zero-order valence-electron chi connectivity index (χ0n) is 24.1. The van der Waals surface area contributed by atoms with E-state index in [1.165, 1.54) is 6.07 Å². The first-order valence-corrected chi connectivity index (χ1v) is 13.4. The van der Waals surface area contributed by atoms with Gasteiger partial charge in [-0.3, -0.25) is 19.2 Å². The number of hydrogen-bond donors (Lipinski definition) is 1. The van der Waals surface area contributed by atoms with Crippen LogP contribution in [-0.4, -0.2) is 42.6 Å². The van der Waals surface area contributed by atoms with Crippen molar-refractivity contribution in [2.45, 2.75) is 99.6 Å². The molecule has 0 aliphatic rings. The van der Waals surface area contributed by atoms with E-state index < -0.39 is 41.4 Å². The molecule has 2 unspecified atom stereocenters. The molecule has 9 nitrogen and oxygen atoms in total. The van der Waals surface area contributed by atoms with Gasteiger partial charge in [-0.1, -0.05) is 46.6 Å². The number of carbonyl (C=O) groups is 4. The fourth-order valence-electron chi connectivity index (χ4n) is 3.43. The Bertz CT molecular complexity index is 952. The predicted molar refractivity (Wildman–Crippen MR) is 144 cm³/mol. The molecule has 1 rings (SSSR count). The number of rotatable bonds is 14. The van der Waals surface area contributed by atoms with E-state index in [4.69, 9.17) is 24.7 Å². The third kappa shape index (κ3) is 11.2. The number of ether oxygens (including phenoxy) is 4. The summed E-state index contributed by atoms with van der Waals surface area (Å²) in [6.45, 7) is 14.2. The molecule has 0 spiro atoms. The SMILES string of the molecule is CCCC(C)C(=O)Oc1ccc(C[C@H](N)C(=O)O[C@@H](C)COC(=O)C(C)(C)C)cc1OC(=O)C(C)CCC. The van der Waals surface area contributed by atoms with Gasteiger partial charge in [-0.05, 0) is 64.7 Å². The molecule has 0 amide bonds. The molecule has 4 atom stereocenters. The molecule has 0 aliphatic carbocycles. The van der Waals surface area contributed by atoms with Crippen LogP contribution < -0.4 is 15.2 Å². The fourth-order valence-corrected chi connectivity index (χ4v) is 3.43. The van der Waals surface area contributed by atoms with Gasteiger partial charge in [-0.25, -0.2) is 0 Å². The van der Waals surface area contributed by atoms with Crippen LogP contribution in [-0.2, 0) is 35.1 Å². The molecular weight excluding hydrogens is 490 g/mol. The summed E-state index contributed by atoms with van der Waals surface area (Å²) in [4.78, 5) is 49.6. The molecule has 0 fully saturated rings. The average Bonchev–Trinajstić information content (AvgIpc) is 2.83. The summed E-state index contributed by atoms with van der Waals surface area (Å²) in [6.07, 6.45) is 2.38. The molecule has 0 heterocycles. The van der Waals surface area contributed by atoms with Crippen molar-refractivity contribution in [3.05, 3.63) is 23.8 Å². The normalized spacial score (nSPS) is 14.6. The Morgan fingerprint density at radius 1 is 0.842 bits per heavy atom. The van der Waals surface area contributed by atoms with Crippen LogP contribution in [0.1, 0.15) is 86.6 Å². The number of nitrogens with two attached hydrogens (primary N) is 1. The lowest BCUT2D eigenvalue weighted by Gasteiger charge is -2.20. The van der Waals surface area contributed by atoms with Crippen LogP contribution in [0.3, 0.4) is 0 Å². The van der Waals surface area contributed by atoms with Gasteiger partial charge in [0, 0.05) is 0 Å². The van der Waals surface area contributed by atoms with E-state index in [0.29, 0.717) is 18.4 Å². The van der Waals surface area contributed by atoms with Gasteiger partial charge >= 0.3 is 23.9 Å². The maximum absolute atomic E-state index is 12.6. The molecule has 2 N–H and O–H groups in total. The minimum Gasteiger partial charge on any atom is -0.461 e. The first kappa shape index (κ1) is 33.1. The van der Waals surface area contributed by atoms with E-state index in [9.17, 15) is 19.2 Å². The summed E-state index contributed by atoms with van der Waals surface area (Å²) in [5, 5.41) is 0. The Kier molecular flexibility index (Phi) is 13.5. The average molecular weight is 536 g/mol. The maximum atomic E-state index is 12.6. The van der Waals surface area contributed by atoms with Crippen molar-refractivity contribution in [1.29, 1.82) is 0 Å². The molecule has 1 aromatic carbocycles. The van der Waals surface area contributed by atoms with Crippen molar-refractivity contribution < 1.29 is 38.1 Å². The Balaban J connectivity index is 2.97. The Labute approximate surface area is 226 Å². The maximum Gasteiger partial charge on any atom is 0.323 e. The number of benzene rings is 1. The summed E-state index contributed by atoms with van der Waals surface area (Å²) in [7, 11) is 0. The third-order valence-electron chi connectivity index (χ3n) is 5.81. The van der Waals surface area contributed by atoms with Gasteiger partial charge in [0.25, 0.3) is 0 Å². The van der Waals surface area contributed by atoms with Gasteiger partial charge in [0.15, 0.2) is 11.5 Å². The summed E-state index contributed by atoms with van der Waals surface area (Å²) < 4.78 is 21.7. The molecule has 0 saturated carbocycles. The molecule has 1 aromatic rings. The van der Waals surface area contributed by atoms with Gasteiger partial charge in [0.1, 0.15) is 18.8 Å². The van der Waals surface area contributed by atoms with Crippen molar-refractivity contribution in [1.82, 2.24) is 0 Å². The van der Waals surface area contributed by atoms with E-state index in [1.807, 2.05) is 13.8 Å². The lowest BCUT2D eigenvalue weighted by molar-refractivity contribution is -0.163. The van der Waals surface area contributed by atoms with Gasteiger partial charge < -0.3 is 24.7 Å². The van der Waals surface area contributed by atoms with Crippen molar-refractivity contribution >= 4 is 23.9 Å². The zero-order valence-corrected chi connectivity index (χ0v) is 24.1. The van der Waals surface area contributed by atoms with E-state index in [2.05, 4.69) is 0 Å². The summed E-state index contributed by atoms with van der Waals surface area (Å²) in [6, 6.07) is 3.72. The highest BCUT2D eigenvalue weighted by molar-refractivity contribution is 5.79. The largest absolute Gasteiger partial charge is 0.461 e. The standard InChI is InChI=1S/C29H45NO8/c1-9-11-18(3)25(31)37-23-14-13-21(16-24(23)38-26(32)19(4)12-10-2)15-22(30)27(33)36-20(5)17-35-28(34)29(6,7)8/h13-14,16,18-20,22H,9-12,15,17,30H2,1-8H3/t18?,19?,20-,22-/m0/s1. The second kappa shape index (κ2) is 15.5. The van der Waals surface area contributed by atoms with E-state index in [-0.39, 0.29) is 36.4 Å². The van der Waals surface area contributed by atoms with Crippen molar-refractivity contribution in [3.63, 3.8) is 0 Å². The second-order valence-electron chi connectivity index (χ2n) is 10.9. The number of esters is 4. The molecule has 0 bridgehead atoms. The van der Waals surface area contributed by atoms with Crippen LogP contribution >= 0.6 is 0 Å². The quantitative estimate of drug-likeness (QED) is 0.264. The van der Waals surface area contributed by atoms with Gasteiger partial charge in [0.05, 0.1) is 17.3 Å². The third-order valence-corrected chi connectivity index (χ3v) is 5.81. The molecule has 0 saturated heterocycles. The lowest BCUT2D eigenvalue weighted by atomic mass is 9.97. The van der Waals surface area contributed by atoms with Crippen molar-refractivity contribution in [2.75, 3.05) is 6.61 Å². The van der Waals surface area contributed by atoms with Crippen LogP contribution in [0.2, 0.25) is 0 Å². The van der Waals surface area contributed by atoms with Crippen LogP contribution in [0.5, 0.6) is 11.5 Å². The molecular formula is C29H45NO8. The fraction of sp³-hybridized carbons (Fsp3) is 0.655. The Morgan fingerprint density at radius 3 is 1.87 bits per heavy atom. The molecule has 0 radical (unpaired) electrons. The number of carbonyl (C=O) groups excluding carboxylic acids is 4. The number of hydrogen-bond acceptors (Lipinski definition) is 9. The topological polar surface area (TPSA) is 131 Å². The van der Waals surface area contributed by atoms with Gasteiger partial charge in [-0.15, -0.1) is 0 Å². The summed E-state index contributed by atoms with van der Waals surface area (Å²) in [5.41, 5.74) is 6.01. The van der Waals surface area contributed by atoms with Gasteiger partial charge in [0.2, 0.25) is 0 Å². The zero-order chi connectivity index (χ0) is 29.0. The van der Waals surface area contributed by atoms with Gasteiger partial charge in [-0.2, -0.15) is 0 Å². The lowest BCUT2D eigenvalue weighted by Crippen LogP contribution is -2.37. The van der Waals surface area contributed by atoms with E-state index >= 15 is 0 Å². The smallest absolute Gasteiger partial charge is 0.323 e. The first-order valence-electron chi connectivity index (χ1n) is 13.4. The highest BCUT2D eigenvalue weighted by atomic mass is 16.6. The second-order valence-corrected chi connectivity index (χ2v) is 10.9. The minimum atomic E-state index is -1.02. The van der Waals surface area contributed by atoms with Crippen LogP contribution in [0.15, 0.2) is 18.2 Å². The van der Waals surface area contributed by atoms with E-state index in [0.717, 1.165) is 12.8 Å². The Hall–Kier alpha value is -2.94. The molecule has 0 aliphatic heterocycles. The monoisotopic (exact) mass is 535 g/mol. The highest BCUT2D eigenvalue weighted by Gasteiger charge is 2.26. The summed E-state index contributed by atoms with van der Waals surface area (Å²) >= 11 is 0. The molecule has 9 heteroatoms. The predicted octanol–water partition coefficient (Wildman–Crippen LogP) is 4.76. The Morgan fingerprint density at radius 2 is 1.37 bits per heavy atom. The van der Waals surface area contributed by atoms with Crippen LogP contribution in [0, 0.1) is 17.3 Å². The van der Waals surface area contributed by atoms with E-state index in [1.54, 1.807) is 53.7 Å². The van der Waals surface area contributed by atoms with Crippen LogP contribution in [0.25, 0.3) is 0 Å². The highest BCUT2D eigenvalue weighted by Crippen LogP contribution is 2.31. The summed E-state index contributed by atoms with van der Waals surface area (Å²) in [5.74, 6) is -2.34. The molecule has 38 heavy (non-hydrogen) atoms. The van der Waals surface area contributed by atoms with Crippen molar-refractivity contribution in [2.24, 2.45) is 23.0 Å². The molecule has 0 aromatic heterocycles. The minimum absolute atomic E-state index is 0.0822. The van der Waals surface area contributed by atoms with Crippen LogP contribution in [0.4, 0.5) is 0 Å². The van der Waals surface area contributed by atoms with Crippen molar-refractivity contribution in [3.8, 4) is 11.5 Å².